The summed E-state index contributed by atoms with van der Waals surface area (Å²) in [5.41, 5.74) is 1.17. The molecule has 0 radical (unpaired) electrons. The molecule has 0 saturated heterocycles. The number of benzene rings is 1. The molecule has 1 nitrogen and oxygen atoms in total. The molecule has 1 rings (SSSR count). The average molecular weight is 316 g/mol. The maximum atomic E-state index is 6.14. The largest absolute Gasteiger partial charge is 0.316 e. The summed E-state index contributed by atoms with van der Waals surface area (Å²) < 4.78 is 0. The molecule has 0 bridgehead atoms. The van der Waals surface area contributed by atoms with Gasteiger partial charge < -0.3 is 5.32 Å². The molecule has 0 spiro atoms. The van der Waals surface area contributed by atoms with Crippen molar-refractivity contribution in [1.29, 1.82) is 0 Å². The van der Waals surface area contributed by atoms with Gasteiger partial charge in [-0.25, -0.2) is 0 Å². The quantitative estimate of drug-likeness (QED) is 0.503. The summed E-state index contributed by atoms with van der Waals surface area (Å²) in [6.07, 6.45) is 10.5. The van der Waals surface area contributed by atoms with E-state index in [9.17, 15) is 0 Å². The highest BCUT2D eigenvalue weighted by Gasteiger charge is 2.00. The van der Waals surface area contributed by atoms with E-state index in [4.69, 9.17) is 23.2 Å². The predicted molar refractivity (Wildman–Crippen MR) is 91.0 cm³/mol. The van der Waals surface area contributed by atoms with E-state index in [1.807, 2.05) is 18.2 Å². The standard InChI is InChI=1S/C17H27Cl2N/c1-2-3-4-5-6-7-8-12-20-13-11-15-9-10-16(18)14-17(15)19/h9-10,14,20H,2-8,11-13H2,1H3. The van der Waals surface area contributed by atoms with Crippen LogP contribution in [0.2, 0.25) is 10.0 Å². The van der Waals surface area contributed by atoms with Crippen molar-refractivity contribution >= 4 is 23.2 Å². The summed E-state index contributed by atoms with van der Waals surface area (Å²) in [6.45, 7) is 4.35. The van der Waals surface area contributed by atoms with E-state index in [-0.39, 0.29) is 0 Å². The zero-order chi connectivity index (χ0) is 14.6. The second-order valence-electron chi connectivity index (χ2n) is 5.36. The molecule has 0 atom stereocenters. The average Bonchev–Trinajstić information content (AvgIpc) is 2.43. The Bertz CT molecular complexity index is 366. The van der Waals surface area contributed by atoms with E-state index in [1.165, 1.54) is 50.5 Å². The van der Waals surface area contributed by atoms with E-state index in [0.717, 1.165) is 24.5 Å². The Morgan fingerprint density at radius 3 is 2.30 bits per heavy atom. The summed E-state index contributed by atoms with van der Waals surface area (Å²) in [5.74, 6) is 0. The molecule has 1 N–H and O–H groups in total. The molecule has 3 heteroatoms. The van der Waals surface area contributed by atoms with Crippen molar-refractivity contribution < 1.29 is 0 Å². The van der Waals surface area contributed by atoms with Crippen molar-refractivity contribution in [3.05, 3.63) is 33.8 Å². The lowest BCUT2D eigenvalue weighted by Gasteiger charge is -2.07. The van der Waals surface area contributed by atoms with Gasteiger partial charge in [0.15, 0.2) is 0 Å². The van der Waals surface area contributed by atoms with Crippen molar-refractivity contribution in [3.8, 4) is 0 Å². The van der Waals surface area contributed by atoms with Gasteiger partial charge in [0.2, 0.25) is 0 Å². The fourth-order valence-corrected chi connectivity index (χ4v) is 2.78. The van der Waals surface area contributed by atoms with Gasteiger partial charge in [-0.15, -0.1) is 0 Å². The molecule has 0 saturated carbocycles. The van der Waals surface area contributed by atoms with E-state index in [0.29, 0.717) is 5.02 Å². The van der Waals surface area contributed by atoms with Gasteiger partial charge in [-0.05, 0) is 43.6 Å². The molecule has 0 heterocycles. The van der Waals surface area contributed by atoms with Gasteiger partial charge in [-0.3, -0.25) is 0 Å². The molecule has 0 aromatic heterocycles. The molecule has 0 amide bonds. The zero-order valence-corrected chi connectivity index (χ0v) is 14.1. The first-order valence-electron chi connectivity index (χ1n) is 7.88. The second kappa shape index (κ2) is 11.4. The summed E-state index contributed by atoms with van der Waals surface area (Å²) >= 11 is 12.0. The monoisotopic (exact) mass is 315 g/mol. The lowest BCUT2D eigenvalue weighted by atomic mass is 10.1. The Balaban J connectivity index is 1.97. The van der Waals surface area contributed by atoms with Gasteiger partial charge in [0.05, 0.1) is 0 Å². The van der Waals surface area contributed by atoms with Crippen LogP contribution in [-0.2, 0) is 6.42 Å². The maximum Gasteiger partial charge on any atom is 0.0453 e. The van der Waals surface area contributed by atoms with Gasteiger partial charge in [-0.1, -0.05) is 74.7 Å². The Labute approximate surface area is 134 Å². The summed E-state index contributed by atoms with van der Waals surface area (Å²) in [4.78, 5) is 0. The van der Waals surface area contributed by atoms with Crippen LogP contribution in [0.5, 0.6) is 0 Å². The number of nitrogens with one attached hydrogen (secondary N) is 1. The smallest absolute Gasteiger partial charge is 0.0453 e. The molecule has 0 fully saturated rings. The molecule has 114 valence electrons. The number of unbranched alkanes of at least 4 members (excludes halogenated alkanes) is 6. The first kappa shape index (κ1) is 17.8. The topological polar surface area (TPSA) is 12.0 Å². The number of halogens is 2. The van der Waals surface area contributed by atoms with Crippen LogP contribution in [0, 0.1) is 0 Å². The van der Waals surface area contributed by atoms with Crippen molar-refractivity contribution in [2.75, 3.05) is 13.1 Å². The minimum absolute atomic E-state index is 0.704. The van der Waals surface area contributed by atoms with Crippen LogP contribution >= 0.6 is 23.2 Å². The molecule has 0 aliphatic carbocycles. The van der Waals surface area contributed by atoms with Crippen LogP contribution in [0.1, 0.15) is 57.4 Å². The minimum atomic E-state index is 0.704. The van der Waals surface area contributed by atoms with Crippen LogP contribution in [-0.4, -0.2) is 13.1 Å². The van der Waals surface area contributed by atoms with Crippen LogP contribution in [0.4, 0.5) is 0 Å². The van der Waals surface area contributed by atoms with Crippen molar-refractivity contribution in [2.45, 2.75) is 58.3 Å². The third kappa shape index (κ3) is 8.14. The Morgan fingerprint density at radius 2 is 1.60 bits per heavy atom. The van der Waals surface area contributed by atoms with Crippen molar-refractivity contribution in [2.24, 2.45) is 0 Å². The molecule has 1 aromatic carbocycles. The zero-order valence-electron chi connectivity index (χ0n) is 12.6. The normalized spacial score (nSPS) is 10.9. The Morgan fingerprint density at radius 1 is 0.900 bits per heavy atom. The minimum Gasteiger partial charge on any atom is -0.316 e. The third-order valence-corrected chi connectivity index (χ3v) is 4.13. The molecular weight excluding hydrogens is 289 g/mol. The van der Waals surface area contributed by atoms with Gasteiger partial charge in [0.25, 0.3) is 0 Å². The number of rotatable bonds is 11. The summed E-state index contributed by atoms with van der Waals surface area (Å²) in [6, 6.07) is 5.73. The highest BCUT2D eigenvalue weighted by atomic mass is 35.5. The van der Waals surface area contributed by atoms with Crippen LogP contribution in [0.25, 0.3) is 0 Å². The second-order valence-corrected chi connectivity index (χ2v) is 6.20. The summed E-state index contributed by atoms with van der Waals surface area (Å²) in [5, 5.41) is 4.96. The van der Waals surface area contributed by atoms with E-state index in [1.54, 1.807) is 0 Å². The molecule has 1 aromatic rings. The van der Waals surface area contributed by atoms with Crippen molar-refractivity contribution in [3.63, 3.8) is 0 Å². The number of hydrogen-bond acceptors (Lipinski definition) is 1. The SMILES string of the molecule is CCCCCCCCCNCCc1ccc(Cl)cc1Cl. The Kier molecular flexibility index (Phi) is 10.2. The van der Waals surface area contributed by atoms with Gasteiger partial charge in [0, 0.05) is 10.0 Å². The third-order valence-electron chi connectivity index (χ3n) is 3.54. The van der Waals surface area contributed by atoms with E-state index in [2.05, 4.69) is 12.2 Å². The molecular formula is C17H27Cl2N. The molecule has 0 aliphatic rings. The fraction of sp³-hybridized carbons (Fsp3) is 0.647. The van der Waals surface area contributed by atoms with Gasteiger partial charge in [-0.2, -0.15) is 0 Å². The maximum absolute atomic E-state index is 6.14. The van der Waals surface area contributed by atoms with Crippen LogP contribution < -0.4 is 5.32 Å². The fourth-order valence-electron chi connectivity index (χ4n) is 2.28. The van der Waals surface area contributed by atoms with Crippen LogP contribution in [0.15, 0.2) is 18.2 Å². The van der Waals surface area contributed by atoms with Gasteiger partial charge in [0.1, 0.15) is 0 Å². The van der Waals surface area contributed by atoms with E-state index < -0.39 is 0 Å². The van der Waals surface area contributed by atoms with Gasteiger partial charge >= 0.3 is 0 Å². The number of hydrogen-bond donors (Lipinski definition) is 1. The van der Waals surface area contributed by atoms with E-state index >= 15 is 0 Å². The lowest BCUT2D eigenvalue weighted by molar-refractivity contribution is 0.563. The molecule has 0 unspecified atom stereocenters. The van der Waals surface area contributed by atoms with Crippen LogP contribution in [0.3, 0.4) is 0 Å². The Hall–Kier alpha value is -0.240. The first-order chi connectivity index (χ1) is 9.74. The summed E-state index contributed by atoms with van der Waals surface area (Å²) in [7, 11) is 0. The van der Waals surface area contributed by atoms with Crippen molar-refractivity contribution in [1.82, 2.24) is 5.32 Å². The predicted octanol–water partition coefficient (Wildman–Crippen LogP) is 5.88. The molecule has 0 aliphatic heterocycles. The lowest BCUT2D eigenvalue weighted by Crippen LogP contribution is -2.18. The highest BCUT2D eigenvalue weighted by molar-refractivity contribution is 6.35. The first-order valence-corrected chi connectivity index (χ1v) is 8.64. The highest BCUT2D eigenvalue weighted by Crippen LogP contribution is 2.21. The molecule has 20 heavy (non-hydrogen) atoms.